The van der Waals surface area contributed by atoms with Gasteiger partial charge >= 0.3 is 0 Å². The molecule has 1 N–H and O–H groups in total. The van der Waals surface area contributed by atoms with Crippen molar-refractivity contribution in [3.8, 4) is 5.75 Å². The van der Waals surface area contributed by atoms with Crippen LogP contribution in [0.1, 0.15) is 50.0 Å². The molecule has 5 rings (SSSR count). The van der Waals surface area contributed by atoms with Crippen LogP contribution in [-0.4, -0.2) is 63.4 Å². The Bertz CT molecular complexity index is 885. The van der Waals surface area contributed by atoms with Gasteiger partial charge in [0.2, 0.25) is 10.0 Å². The van der Waals surface area contributed by atoms with Gasteiger partial charge in [-0.05, 0) is 56.6 Å². The van der Waals surface area contributed by atoms with Gasteiger partial charge in [0.25, 0.3) is 5.91 Å². The first kappa shape index (κ1) is 21.5. The minimum Gasteiger partial charge on any atom is -0.483 e. The largest absolute Gasteiger partial charge is 0.483 e. The van der Waals surface area contributed by atoms with E-state index in [1.807, 2.05) is 0 Å². The number of fused-ring (bicyclic) bond motifs is 5. The standard InChI is InChI=1S/C21H29FN2O5S/c1-30(26,27)23-17-5-3-11-24-18(17)12-28-15-9-7-14(8-10-15)21-16(22)4-2-6-19(21)29-13-20(24)25/h2,4,6,14-15,17-18,23H,3,5,7-13H2,1H3/t14?,15?,17-,18-/m0/s1. The van der Waals surface area contributed by atoms with Gasteiger partial charge in [0.05, 0.1) is 25.0 Å². The Labute approximate surface area is 177 Å². The Morgan fingerprint density at radius 2 is 1.93 bits per heavy atom. The maximum atomic E-state index is 14.6. The van der Waals surface area contributed by atoms with Crippen LogP contribution in [0.15, 0.2) is 18.2 Å². The number of ether oxygens (including phenoxy) is 2. The predicted molar refractivity (Wildman–Crippen MR) is 109 cm³/mol. The first-order valence-corrected chi connectivity index (χ1v) is 12.5. The van der Waals surface area contributed by atoms with Crippen LogP contribution in [-0.2, 0) is 19.6 Å². The van der Waals surface area contributed by atoms with Gasteiger partial charge in [0, 0.05) is 18.2 Å². The third-order valence-electron chi connectivity index (χ3n) is 6.41. The highest BCUT2D eigenvalue weighted by Crippen LogP contribution is 2.40. The molecule has 1 saturated heterocycles. The van der Waals surface area contributed by atoms with Crippen molar-refractivity contribution < 1.29 is 27.1 Å². The van der Waals surface area contributed by atoms with Crippen LogP contribution in [0.3, 0.4) is 0 Å². The summed E-state index contributed by atoms with van der Waals surface area (Å²) in [5.74, 6) is -0.0802. The molecule has 3 aliphatic heterocycles. The van der Waals surface area contributed by atoms with Crippen LogP contribution in [0.2, 0.25) is 0 Å². The Balaban J connectivity index is 1.63. The Kier molecular flexibility index (Phi) is 6.31. The highest BCUT2D eigenvalue weighted by atomic mass is 32.2. The van der Waals surface area contributed by atoms with E-state index in [1.165, 1.54) is 6.07 Å². The first-order chi connectivity index (χ1) is 14.3. The lowest BCUT2D eigenvalue weighted by atomic mass is 9.82. The molecule has 1 aromatic rings. The molecular weight excluding hydrogens is 411 g/mol. The second-order valence-electron chi connectivity index (χ2n) is 8.54. The molecule has 1 aromatic carbocycles. The van der Waals surface area contributed by atoms with Crippen molar-refractivity contribution in [3.63, 3.8) is 0 Å². The highest BCUT2D eigenvalue weighted by molar-refractivity contribution is 7.88. The van der Waals surface area contributed by atoms with E-state index >= 15 is 0 Å². The summed E-state index contributed by atoms with van der Waals surface area (Å²) in [5, 5.41) is 0. The lowest BCUT2D eigenvalue weighted by Crippen LogP contribution is -2.59. The van der Waals surface area contributed by atoms with Crippen molar-refractivity contribution in [2.45, 2.75) is 62.6 Å². The number of carbonyl (C=O) groups excluding carboxylic acids is 1. The van der Waals surface area contributed by atoms with Crippen molar-refractivity contribution >= 4 is 15.9 Å². The number of amides is 1. The minimum atomic E-state index is -3.42. The van der Waals surface area contributed by atoms with Gasteiger partial charge in [-0.15, -0.1) is 0 Å². The average molecular weight is 441 g/mol. The number of rotatable bonds is 2. The van der Waals surface area contributed by atoms with Crippen molar-refractivity contribution in [1.82, 2.24) is 9.62 Å². The fraction of sp³-hybridized carbons (Fsp3) is 0.667. The molecule has 1 saturated carbocycles. The zero-order valence-corrected chi connectivity index (χ0v) is 18.0. The molecular formula is C21H29FN2O5S. The molecule has 7 nitrogen and oxygen atoms in total. The van der Waals surface area contributed by atoms with Crippen LogP contribution in [0, 0.1) is 5.82 Å². The number of benzene rings is 1. The van der Waals surface area contributed by atoms with E-state index < -0.39 is 22.1 Å². The Morgan fingerprint density at radius 3 is 2.67 bits per heavy atom. The molecule has 2 fully saturated rings. The predicted octanol–water partition coefficient (Wildman–Crippen LogP) is 2.17. The van der Waals surface area contributed by atoms with Gasteiger partial charge in [0.15, 0.2) is 6.61 Å². The summed E-state index contributed by atoms with van der Waals surface area (Å²) < 4.78 is 53.0. The van der Waals surface area contributed by atoms with E-state index in [-0.39, 0.29) is 37.0 Å². The smallest absolute Gasteiger partial charge is 0.260 e. The van der Waals surface area contributed by atoms with Crippen molar-refractivity contribution in [3.05, 3.63) is 29.6 Å². The zero-order chi connectivity index (χ0) is 21.3. The molecule has 2 bridgehead atoms. The number of nitrogens with one attached hydrogen (secondary N) is 1. The summed E-state index contributed by atoms with van der Waals surface area (Å²) in [5.41, 5.74) is 0.551. The van der Waals surface area contributed by atoms with Crippen LogP contribution < -0.4 is 9.46 Å². The molecule has 0 aromatic heterocycles. The molecule has 30 heavy (non-hydrogen) atoms. The SMILES string of the molecule is CS(=O)(=O)N[C@H]1CCCN2C(=O)COc3cccc(F)c3C3CCC(CC3)OC[C@@H]12. The molecule has 4 aliphatic rings. The van der Waals surface area contributed by atoms with Gasteiger partial charge < -0.3 is 14.4 Å². The Morgan fingerprint density at radius 1 is 1.17 bits per heavy atom. The molecule has 3 heterocycles. The van der Waals surface area contributed by atoms with Crippen molar-refractivity contribution in [2.24, 2.45) is 0 Å². The summed E-state index contributed by atoms with van der Waals surface area (Å²) in [6.45, 7) is 0.575. The van der Waals surface area contributed by atoms with E-state index in [9.17, 15) is 17.6 Å². The summed E-state index contributed by atoms with van der Waals surface area (Å²) >= 11 is 0. The number of sulfonamides is 1. The number of nitrogens with zero attached hydrogens (tertiary/aromatic N) is 1. The third-order valence-corrected chi connectivity index (χ3v) is 7.14. The highest BCUT2D eigenvalue weighted by Gasteiger charge is 2.38. The molecule has 166 valence electrons. The first-order valence-electron chi connectivity index (χ1n) is 10.6. The quantitative estimate of drug-likeness (QED) is 0.762. The number of hydrogen-bond acceptors (Lipinski definition) is 5. The van der Waals surface area contributed by atoms with Crippen molar-refractivity contribution in [2.75, 3.05) is 26.0 Å². The Hall–Kier alpha value is -1.71. The lowest BCUT2D eigenvalue weighted by molar-refractivity contribution is -0.140. The average Bonchev–Trinajstić information content (AvgIpc) is 2.71. The molecule has 0 radical (unpaired) electrons. The van der Waals surface area contributed by atoms with Crippen LogP contribution in [0.4, 0.5) is 4.39 Å². The van der Waals surface area contributed by atoms with E-state index in [0.717, 1.165) is 31.9 Å². The number of piperidine rings is 1. The fourth-order valence-electron chi connectivity index (χ4n) is 5.00. The van der Waals surface area contributed by atoms with Gasteiger partial charge in [-0.1, -0.05) is 6.07 Å². The van der Waals surface area contributed by atoms with Gasteiger partial charge in [-0.25, -0.2) is 17.5 Å². The third kappa shape index (κ3) is 4.78. The van der Waals surface area contributed by atoms with E-state index in [2.05, 4.69) is 4.72 Å². The summed E-state index contributed by atoms with van der Waals surface area (Å²) in [6.07, 6.45) is 5.65. The lowest BCUT2D eigenvalue weighted by Gasteiger charge is -2.41. The van der Waals surface area contributed by atoms with Gasteiger partial charge in [-0.3, -0.25) is 4.79 Å². The minimum absolute atomic E-state index is 0.0240. The van der Waals surface area contributed by atoms with Gasteiger partial charge in [0.1, 0.15) is 11.6 Å². The molecule has 9 heteroatoms. The summed E-state index contributed by atoms with van der Waals surface area (Å²) in [6, 6.07) is 3.96. The maximum absolute atomic E-state index is 14.6. The second-order valence-corrected chi connectivity index (χ2v) is 10.3. The zero-order valence-electron chi connectivity index (χ0n) is 17.2. The van der Waals surface area contributed by atoms with Crippen LogP contribution in [0.5, 0.6) is 5.75 Å². The monoisotopic (exact) mass is 440 g/mol. The van der Waals surface area contributed by atoms with E-state index in [4.69, 9.17) is 9.47 Å². The topological polar surface area (TPSA) is 84.9 Å². The normalized spacial score (nSPS) is 30.3. The fourth-order valence-corrected chi connectivity index (χ4v) is 5.82. The van der Waals surface area contributed by atoms with Gasteiger partial charge in [-0.2, -0.15) is 0 Å². The van der Waals surface area contributed by atoms with Crippen molar-refractivity contribution in [1.29, 1.82) is 0 Å². The van der Waals surface area contributed by atoms with Crippen LogP contribution in [0.25, 0.3) is 0 Å². The molecule has 1 aliphatic carbocycles. The molecule has 1 amide bonds. The number of carbonyl (C=O) groups is 1. The van der Waals surface area contributed by atoms with Crippen LogP contribution >= 0.6 is 0 Å². The molecule has 0 spiro atoms. The molecule has 0 unspecified atom stereocenters. The molecule has 2 atom stereocenters. The summed E-state index contributed by atoms with van der Waals surface area (Å²) in [4.78, 5) is 14.7. The number of hydrogen-bond donors (Lipinski definition) is 1. The maximum Gasteiger partial charge on any atom is 0.260 e. The van der Waals surface area contributed by atoms with E-state index in [0.29, 0.717) is 30.7 Å². The summed E-state index contributed by atoms with van der Waals surface area (Å²) in [7, 11) is -3.42. The second kappa shape index (κ2) is 8.80. The number of halogens is 1. The van der Waals surface area contributed by atoms with E-state index in [1.54, 1.807) is 17.0 Å².